The number of carbonyl (C=O) groups is 2. The van der Waals surface area contributed by atoms with E-state index >= 15 is 0 Å². The molecule has 1 aromatic heterocycles. The van der Waals surface area contributed by atoms with E-state index in [4.69, 9.17) is 0 Å². The molecular weight excluding hydrogens is 338 g/mol. The van der Waals surface area contributed by atoms with Crippen molar-refractivity contribution in [2.75, 3.05) is 13.1 Å². The maximum Gasteiger partial charge on any atom is 0.435 e. The zero-order valence-corrected chi connectivity index (χ0v) is 16.4. The molecule has 9 heteroatoms. The minimum absolute atomic E-state index is 0.0678. The van der Waals surface area contributed by atoms with Crippen LogP contribution in [0.1, 0.15) is 46.7 Å². The number of aryl methyl sites for hydroxylation is 1. The summed E-state index contributed by atoms with van der Waals surface area (Å²) in [5, 5.41) is 17.4. The topological polar surface area (TPSA) is 119 Å². The van der Waals surface area contributed by atoms with Gasteiger partial charge < -0.3 is 20.7 Å². The second kappa shape index (κ2) is 8.50. The highest BCUT2D eigenvalue weighted by Crippen LogP contribution is 2.14. The second-order valence-electron chi connectivity index (χ2n) is 7.50. The molecule has 1 heterocycles. The van der Waals surface area contributed by atoms with Gasteiger partial charge in [0.05, 0.1) is 11.1 Å². The summed E-state index contributed by atoms with van der Waals surface area (Å²) in [5.74, 6) is -0.435. The number of carbonyl (C=O) groups excluding carboxylic acids is 2. The van der Waals surface area contributed by atoms with Gasteiger partial charge in [-0.05, 0) is 66.0 Å². The van der Waals surface area contributed by atoms with Crippen LogP contribution in [0.2, 0.25) is 0 Å². The molecule has 0 spiro atoms. The summed E-state index contributed by atoms with van der Waals surface area (Å²) in [6.45, 7) is 11.4. The van der Waals surface area contributed by atoms with Gasteiger partial charge in [0.1, 0.15) is 24.2 Å². The Morgan fingerprint density at radius 1 is 1.19 bits per heavy atom. The first-order valence-corrected chi connectivity index (χ1v) is 8.59. The smallest absolute Gasteiger partial charge is 0.390 e. The Labute approximate surface area is 153 Å². The van der Waals surface area contributed by atoms with Crippen LogP contribution < -0.4 is 10.6 Å². The molecule has 0 aliphatic heterocycles. The van der Waals surface area contributed by atoms with Crippen molar-refractivity contribution in [3.63, 3.8) is 0 Å². The minimum atomic E-state index is -0.831. The van der Waals surface area contributed by atoms with Crippen LogP contribution in [0.3, 0.4) is 0 Å². The molecule has 1 rings (SSSR count). The van der Waals surface area contributed by atoms with Crippen LogP contribution in [-0.4, -0.2) is 50.2 Å². The maximum absolute atomic E-state index is 12.5. The molecular formula is C17H29N5O4. The molecule has 9 nitrogen and oxygen atoms in total. The van der Waals surface area contributed by atoms with Crippen molar-refractivity contribution in [3.8, 4) is 0 Å². The summed E-state index contributed by atoms with van der Waals surface area (Å²) in [6.07, 6.45) is 2.23. The van der Waals surface area contributed by atoms with Gasteiger partial charge in [-0.1, -0.05) is 4.98 Å². The van der Waals surface area contributed by atoms with Gasteiger partial charge in [-0.2, -0.15) is 0 Å². The van der Waals surface area contributed by atoms with E-state index in [1.54, 1.807) is 27.7 Å². The predicted molar refractivity (Wildman–Crippen MR) is 98.1 cm³/mol. The number of rotatable bonds is 11. The van der Waals surface area contributed by atoms with E-state index in [9.17, 15) is 19.7 Å². The molecule has 0 saturated heterocycles. The van der Waals surface area contributed by atoms with Crippen molar-refractivity contribution in [2.24, 2.45) is 0 Å². The molecule has 1 aromatic rings. The average molecular weight is 367 g/mol. The third kappa shape index (κ3) is 5.99. The Balaban J connectivity index is 2.53. The molecule has 0 aromatic carbocycles. The Morgan fingerprint density at radius 2 is 1.73 bits per heavy atom. The first-order chi connectivity index (χ1) is 11.9. The van der Waals surface area contributed by atoms with Crippen molar-refractivity contribution >= 4 is 17.5 Å². The number of ketones is 2. The van der Waals surface area contributed by atoms with E-state index in [1.165, 1.54) is 10.8 Å². The molecule has 0 aliphatic carbocycles. The lowest BCUT2D eigenvalue weighted by Crippen LogP contribution is -2.50. The van der Waals surface area contributed by atoms with Gasteiger partial charge in [0.25, 0.3) is 0 Å². The summed E-state index contributed by atoms with van der Waals surface area (Å²) < 4.78 is 1.26. The third-order valence-electron chi connectivity index (χ3n) is 4.42. The van der Waals surface area contributed by atoms with Gasteiger partial charge >= 0.3 is 5.95 Å². The average Bonchev–Trinajstić information content (AvgIpc) is 2.87. The number of imidazole rings is 1. The number of nitro groups is 1. The van der Waals surface area contributed by atoms with Gasteiger partial charge in [-0.3, -0.25) is 9.59 Å². The monoisotopic (exact) mass is 367 g/mol. The lowest BCUT2D eigenvalue weighted by Gasteiger charge is -2.26. The summed E-state index contributed by atoms with van der Waals surface area (Å²) in [7, 11) is 0. The molecule has 0 unspecified atom stereocenters. The Hall–Kier alpha value is -2.13. The molecule has 0 aliphatic rings. The fraction of sp³-hybridized carbons (Fsp3) is 0.706. The largest absolute Gasteiger partial charge is 0.435 e. The predicted octanol–water partition coefficient (Wildman–Crippen LogP) is 1.38. The molecule has 0 atom stereocenters. The molecule has 26 heavy (non-hydrogen) atoms. The van der Waals surface area contributed by atoms with Gasteiger partial charge in [-0.15, -0.1) is 0 Å². The van der Waals surface area contributed by atoms with Crippen LogP contribution in [0.4, 0.5) is 5.95 Å². The van der Waals surface area contributed by atoms with Crippen LogP contribution in [0.5, 0.6) is 0 Å². The molecule has 0 saturated carbocycles. The van der Waals surface area contributed by atoms with Crippen LogP contribution in [0.15, 0.2) is 6.20 Å². The number of Topliss-reactive ketones (excluding diaryl/α,β-unsaturated/α-hetero) is 2. The fourth-order valence-electron chi connectivity index (χ4n) is 2.26. The summed E-state index contributed by atoms with van der Waals surface area (Å²) in [6, 6.07) is 0. The number of nitrogens with one attached hydrogen (secondary N) is 2. The summed E-state index contributed by atoms with van der Waals surface area (Å²) in [5.41, 5.74) is -0.902. The zero-order valence-electron chi connectivity index (χ0n) is 16.4. The molecule has 0 bridgehead atoms. The second-order valence-corrected chi connectivity index (χ2v) is 7.50. The van der Waals surface area contributed by atoms with Crippen molar-refractivity contribution in [2.45, 2.75) is 65.6 Å². The van der Waals surface area contributed by atoms with Crippen LogP contribution in [0, 0.1) is 17.0 Å². The van der Waals surface area contributed by atoms with Crippen molar-refractivity contribution in [1.29, 1.82) is 0 Å². The third-order valence-corrected chi connectivity index (χ3v) is 4.42. The lowest BCUT2D eigenvalue weighted by molar-refractivity contribution is -0.396. The van der Waals surface area contributed by atoms with E-state index in [2.05, 4.69) is 15.6 Å². The number of aromatic nitrogens is 2. The van der Waals surface area contributed by atoms with Crippen molar-refractivity contribution in [1.82, 2.24) is 20.2 Å². The Kier molecular flexibility index (Phi) is 7.16. The van der Waals surface area contributed by atoms with E-state index in [0.717, 1.165) is 6.42 Å². The fourth-order valence-corrected chi connectivity index (χ4v) is 2.26. The molecule has 0 radical (unpaired) electrons. The Bertz CT molecular complexity index is 679. The van der Waals surface area contributed by atoms with Gasteiger partial charge in [0.2, 0.25) is 0 Å². The highest BCUT2D eigenvalue weighted by molar-refractivity contribution is 5.87. The number of hydrogen-bond acceptors (Lipinski definition) is 7. The normalized spacial score (nSPS) is 12.2. The van der Waals surface area contributed by atoms with Crippen LogP contribution >= 0.6 is 0 Å². The van der Waals surface area contributed by atoms with Crippen LogP contribution in [0.25, 0.3) is 0 Å². The van der Waals surface area contributed by atoms with E-state index < -0.39 is 16.0 Å². The number of nitrogens with zero attached hydrogens (tertiary/aromatic N) is 3. The van der Waals surface area contributed by atoms with Crippen molar-refractivity contribution < 1.29 is 14.5 Å². The van der Waals surface area contributed by atoms with E-state index in [0.29, 0.717) is 18.8 Å². The van der Waals surface area contributed by atoms with E-state index in [-0.39, 0.29) is 24.1 Å². The summed E-state index contributed by atoms with van der Waals surface area (Å²) in [4.78, 5) is 38.2. The summed E-state index contributed by atoms with van der Waals surface area (Å²) >= 11 is 0. The van der Waals surface area contributed by atoms with Gasteiger partial charge in [-0.25, -0.2) is 4.57 Å². The van der Waals surface area contributed by atoms with E-state index in [1.807, 2.05) is 13.8 Å². The SMILES string of the molecule is CC(=O)C(C)(C)NCCCNC(C)(C)C(=O)Cn1cc(C)nc1[N+](=O)[O-]. The van der Waals surface area contributed by atoms with Crippen LogP contribution in [-0.2, 0) is 16.1 Å². The molecule has 2 N–H and O–H groups in total. The van der Waals surface area contributed by atoms with Gasteiger partial charge in [0.15, 0.2) is 5.78 Å². The quantitative estimate of drug-likeness (QED) is 0.344. The first-order valence-electron chi connectivity index (χ1n) is 8.59. The van der Waals surface area contributed by atoms with Crippen molar-refractivity contribution in [3.05, 3.63) is 22.0 Å². The Morgan fingerprint density at radius 3 is 2.23 bits per heavy atom. The maximum atomic E-state index is 12.5. The highest BCUT2D eigenvalue weighted by Gasteiger charge is 2.30. The number of hydrogen-bond donors (Lipinski definition) is 2. The molecule has 0 amide bonds. The van der Waals surface area contributed by atoms with Gasteiger partial charge in [0, 0.05) is 0 Å². The standard InChI is InChI=1S/C17H29N5O4/c1-12-10-21(15(20-12)22(25)26)11-14(24)17(5,6)19-9-7-8-18-16(3,4)13(2)23/h10,18-19H,7-9,11H2,1-6H3. The lowest BCUT2D eigenvalue weighted by atomic mass is 9.98. The zero-order chi connectivity index (χ0) is 20.1. The first kappa shape index (κ1) is 21.9. The highest BCUT2D eigenvalue weighted by atomic mass is 16.6. The molecule has 146 valence electrons. The minimum Gasteiger partial charge on any atom is -0.390 e. The molecule has 0 fully saturated rings.